The molecule has 0 amide bonds. The summed E-state index contributed by atoms with van der Waals surface area (Å²) in [6.45, 7) is 0. The van der Waals surface area contributed by atoms with Gasteiger partial charge in [0.15, 0.2) is 0 Å². The number of methoxy groups -OCH3 is 1. The molecule has 1 aromatic rings. The van der Waals surface area contributed by atoms with Crippen LogP contribution in [0, 0.1) is 0 Å². The first-order valence-corrected chi connectivity index (χ1v) is 4.76. The lowest BCUT2D eigenvalue weighted by Crippen LogP contribution is -2.11. The van der Waals surface area contributed by atoms with Crippen molar-refractivity contribution in [1.82, 2.24) is 4.98 Å². The van der Waals surface area contributed by atoms with E-state index in [1.807, 2.05) is 0 Å². The van der Waals surface area contributed by atoms with Crippen LogP contribution in [0.25, 0.3) is 0 Å². The van der Waals surface area contributed by atoms with Crippen LogP contribution in [0.1, 0.15) is 28.0 Å². The molecule has 0 spiro atoms. The van der Waals surface area contributed by atoms with Gasteiger partial charge in [-0.3, -0.25) is 0 Å². The molecular weight excluding hydrogens is 242 g/mol. The van der Waals surface area contributed by atoms with Crippen LogP contribution in [0.15, 0.2) is 6.07 Å². The quantitative estimate of drug-likeness (QED) is 0.659. The van der Waals surface area contributed by atoms with Crippen LogP contribution < -0.4 is 5.73 Å². The Kier molecular flexibility index (Phi) is 4.00. The molecular formula is C9H9ClF2N2O2. The first-order chi connectivity index (χ1) is 7.51. The van der Waals surface area contributed by atoms with Crippen LogP contribution in [-0.2, 0) is 10.6 Å². The van der Waals surface area contributed by atoms with E-state index in [1.54, 1.807) is 0 Å². The summed E-state index contributed by atoms with van der Waals surface area (Å²) >= 11 is 5.56. The molecule has 0 fully saturated rings. The average molecular weight is 251 g/mol. The third-order valence-electron chi connectivity index (χ3n) is 1.94. The molecule has 0 unspecified atom stereocenters. The maximum atomic E-state index is 12.4. The van der Waals surface area contributed by atoms with Crippen LogP contribution >= 0.6 is 11.6 Å². The summed E-state index contributed by atoms with van der Waals surface area (Å²) in [6.07, 6.45) is -2.81. The first-order valence-electron chi connectivity index (χ1n) is 4.23. The van der Waals surface area contributed by atoms with Gasteiger partial charge in [-0.15, -0.1) is 11.6 Å². The molecule has 16 heavy (non-hydrogen) atoms. The standard InChI is InChI=1S/C9H9ClF2N2O2/c1-16-9(15)4-2-6(7(11)12)14-8(13)5(4)3-10/h2,7H,3H2,1H3,(H2,13,14). The van der Waals surface area contributed by atoms with Gasteiger partial charge < -0.3 is 10.5 Å². The number of alkyl halides is 3. The minimum absolute atomic E-state index is 0.0831. The number of halogens is 3. The van der Waals surface area contributed by atoms with Crippen molar-refractivity contribution in [3.05, 3.63) is 22.9 Å². The van der Waals surface area contributed by atoms with E-state index in [2.05, 4.69) is 9.72 Å². The number of carbonyl (C=O) groups excluding carboxylic acids is 1. The van der Waals surface area contributed by atoms with Gasteiger partial charge in [-0.25, -0.2) is 18.6 Å². The van der Waals surface area contributed by atoms with Gasteiger partial charge in [0.05, 0.1) is 18.6 Å². The van der Waals surface area contributed by atoms with E-state index in [0.29, 0.717) is 0 Å². The van der Waals surface area contributed by atoms with Crippen molar-refractivity contribution >= 4 is 23.4 Å². The van der Waals surface area contributed by atoms with Gasteiger partial charge in [-0.05, 0) is 6.07 Å². The van der Waals surface area contributed by atoms with Crippen LogP contribution in [0.3, 0.4) is 0 Å². The molecule has 0 aliphatic carbocycles. The van der Waals surface area contributed by atoms with E-state index < -0.39 is 18.1 Å². The zero-order chi connectivity index (χ0) is 12.3. The van der Waals surface area contributed by atoms with Gasteiger partial charge in [0, 0.05) is 5.56 Å². The minimum atomic E-state index is -2.81. The Hall–Kier alpha value is -1.43. The van der Waals surface area contributed by atoms with Gasteiger partial charge >= 0.3 is 5.97 Å². The van der Waals surface area contributed by atoms with Crippen LogP contribution in [0.2, 0.25) is 0 Å². The highest BCUT2D eigenvalue weighted by Gasteiger charge is 2.20. The Morgan fingerprint density at radius 1 is 1.69 bits per heavy atom. The summed E-state index contributed by atoms with van der Waals surface area (Å²) in [7, 11) is 1.14. The number of nitrogens with two attached hydrogens (primary N) is 1. The van der Waals surface area contributed by atoms with Gasteiger partial charge in [-0.1, -0.05) is 0 Å². The Morgan fingerprint density at radius 2 is 2.31 bits per heavy atom. The summed E-state index contributed by atoms with van der Waals surface area (Å²) in [5.41, 5.74) is 4.96. The SMILES string of the molecule is COC(=O)c1cc(C(F)F)nc(N)c1CCl. The first kappa shape index (κ1) is 12.6. The van der Waals surface area contributed by atoms with Crippen molar-refractivity contribution in [3.63, 3.8) is 0 Å². The van der Waals surface area contributed by atoms with Gasteiger partial charge in [0.1, 0.15) is 11.5 Å². The molecule has 0 aromatic carbocycles. The lowest BCUT2D eigenvalue weighted by atomic mass is 10.1. The fourth-order valence-corrected chi connectivity index (χ4v) is 1.44. The van der Waals surface area contributed by atoms with Gasteiger partial charge in [0.25, 0.3) is 6.43 Å². The summed E-state index contributed by atoms with van der Waals surface area (Å²) in [5, 5.41) is 0. The second kappa shape index (κ2) is 5.07. The maximum absolute atomic E-state index is 12.4. The molecule has 0 radical (unpaired) electrons. The van der Waals surface area contributed by atoms with Crippen molar-refractivity contribution < 1.29 is 18.3 Å². The third-order valence-corrected chi connectivity index (χ3v) is 2.21. The number of carbonyl (C=O) groups is 1. The molecule has 4 nitrogen and oxygen atoms in total. The zero-order valence-corrected chi connectivity index (χ0v) is 9.09. The Labute approximate surface area is 95.4 Å². The number of pyridine rings is 1. The smallest absolute Gasteiger partial charge is 0.338 e. The van der Waals surface area contributed by atoms with Gasteiger partial charge in [-0.2, -0.15) is 0 Å². The predicted molar refractivity (Wildman–Crippen MR) is 54.5 cm³/mol. The lowest BCUT2D eigenvalue weighted by molar-refractivity contribution is 0.0599. The molecule has 0 saturated heterocycles. The van der Waals surface area contributed by atoms with E-state index in [1.165, 1.54) is 0 Å². The summed E-state index contributed by atoms with van der Waals surface area (Å²) in [5.74, 6) is -1.06. The van der Waals surface area contributed by atoms with Crippen molar-refractivity contribution in [3.8, 4) is 0 Å². The van der Waals surface area contributed by atoms with Crippen molar-refractivity contribution in [2.24, 2.45) is 0 Å². The normalized spacial score (nSPS) is 10.6. The highest BCUT2D eigenvalue weighted by atomic mass is 35.5. The number of esters is 1. The second-order valence-electron chi connectivity index (χ2n) is 2.88. The number of anilines is 1. The Morgan fingerprint density at radius 3 is 2.75 bits per heavy atom. The van der Waals surface area contributed by atoms with Gasteiger partial charge in [0.2, 0.25) is 0 Å². The highest BCUT2D eigenvalue weighted by molar-refractivity contribution is 6.18. The number of nitrogens with zero attached hydrogens (tertiary/aromatic N) is 1. The minimum Gasteiger partial charge on any atom is -0.465 e. The molecule has 0 aliphatic rings. The summed E-state index contributed by atoms with van der Waals surface area (Å²) < 4.78 is 29.3. The molecule has 88 valence electrons. The fraction of sp³-hybridized carbons (Fsp3) is 0.333. The molecule has 0 saturated carbocycles. The zero-order valence-electron chi connectivity index (χ0n) is 8.34. The van der Waals surface area contributed by atoms with Crippen LogP contribution in [0.5, 0.6) is 0 Å². The predicted octanol–water partition coefficient (Wildman–Crippen LogP) is 2.13. The van der Waals surface area contributed by atoms with E-state index in [-0.39, 0.29) is 22.8 Å². The molecule has 0 aliphatic heterocycles. The van der Waals surface area contributed by atoms with Crippen molar-refractivity contribution in [1.29, 1.82) is 0 Å². The number of rotatable bonds is 3. The Balaban J connectivity index is 3.36. The number of ether oxygens (including phenoxy) is 1. The fourth-order valence-electron chi connectivity index (χ4n) is 1.16. The number of hydrogen-bond donors (Lipinski definition) is 1. The lowest BCUT2D eigenvalue weighted by Gasteiger charge is -2.10. The van der Waals surface area contributed by atoms with Crippen LogP contribution in [0.4, 0.5) is 14.6 Å². The molecule has 2 N–H and O–H groups in total. The summed E-state index contributed by atoms with van der Waals surface area (Å²) in [6, 6.07) is 0.935. The van der Waals surface area contributed by atoms with E-state index >= 15 is 0 Å². The third kappa shape index (κ3) is 2.38. The van der Waals surface area contributed by atoms with E-state index in [9.17, 15) is 13.6 Å². The second-order valence-corrected chi connectivity index (χ2v) is 3.15. The monoisotopic (exact) mass is 250 g/mol. The van der Waals surface area contributed by atoms with Crippen LogP contribution in [-0.4, -0.2) is 18.1 Å². The average Bonchev–Trinajstić information content (AvgIpc) is 2.26. The maximum Gasteiger partial charge on any atom is 0.338 e. The molecule has 0 bridgehead atoms. The largest absolute Gasteiger partial charge is 0.465 e. The van der Waals surface area contributed by atoms with E-state index in [0.717, 1.165) is 13.2 Å². The Bertz CT molecular complexity index is 413. The number of nitrogen functional groups attached to an aromatic ring is 1. The van der Waals surface area contributed by atoms with Crippen molar-refractivity contribution in [2.45, 2.75) is 12.3 Å². The molecule has 0 atom stereocenters. The molecule has 1 rings (SSSR count). The molecule has 7 heteroatoms. The number of hydrogen-bond acceptors (Lipinski definition) is 4. The van der Waals surface area contributed by atoms with Crippen molar-refractivity contribution in [2.75, 3.05) is 12.8 Å². The summed E-state index contributed by atoms with van der Waals surface area (Å²) in [4.78, 5) is 14.8. The molecule has 1 heterocycles. The highest BCUT2D eigenvalue weighted by Crippen LogP contribution is 2.25. The number of aromatic nitrogens is 1. The molecule has 1 aromatic heterocycles. The topological polar surface area (TPSA) is 65.2 Å². The van der Waals surface area contributed by atoms with E-state index in [4.69, 9.17) is 17.3 Å².